The van der Waals surface area contributed by atoms with Gasteiger partial charge in [-0.2, -0.15) is 5.10 Å². The smallest absolute Gasteiger partial charge is 0.118 e. The van der Waals surface area contributed by atoms with Crippen LogP contribution in [0.25, 0.3) is 0 Å². The third-order valence-electron chi connectivity index (χ3n) is 3.67. The summed E-state index contributed by atoms with van der Waals surface area (Å²) in [6.07, 6.45) is 5.83. The highest BCUT2D eigenvalue weighted by Crippen LogP contribution is 2.24. The van der Waals surface area contributed by atoms with Crippen LogP contribution in [0, 0.1) is 0 Å². The molecule has 1 heterocycles. The first-order valence-corrected chi connectivity index (χ1v) is 6.55. The normalized spacial score (nSPS) is 14.3. The number of aromatic nitrogens is 2. The molecular formula is C15H18N2O. The van der Waals surface area contributed by atoms with Gasteiger partial charge in [-0.15, -0.1) is 0 Å². The molecule has 0 radical (unpaired) electrons. The number of aryl methyl sites for hydroxylation is 1. The van der Waals surface area contributed by atoms with Crippen LogP contribution >= 0.6 is 0 Å². The maximum Gasteiger partial charge on any atom is 0.118 e. The lowest BCUT2D eigenvalue weighted by Crippen LogP contribution is -2.03. The molecule has 1 N–H and O–H groups in total. The van der Waals surface area contributed by atoms with E-state index in [1.807, 2.05) is 12.1 Å². The van der Waals surface area contributed by atoms with E-state index in [0.29, 0.717) is 0 Å². The number of rotatable bonds is 3. The van der Waals surface area contributed by atoms with E-state index in [4.69, 9.17) is 4.74 Å². The van der Waals surface area contributed by atoms with Crippen LogP contribution in [0.5, 0.6) is 5.75 Å². The second-order valence-electron chi connectivity index (χ2n) is 4.86. The van der Waals surface area contributed by atoms with E-state index in [2.05, 4.69) is 22.3 Å². The van der Waals surface area contributed by atoms with Gasteiger partial charge in [0.15, 0.2) is 0 Å². The molecule has 1 aromatic heterocycles. The summed E-state index contributed by atoms with van der Waals surface area (Å²) in [6.45, 7) is 0. The molecule has 3 heteroatoms. The fourth-order valence-corrected chi connectivity index (χ4v) is 2.63. The van der Waals surface area contributed by atoms with Gasteiger partial charge in [-0.3, -0.25) is 5.10 Å². The Balaban J connectivity index is 1.81. The number of benzene rings is 1. The molecule has 0 bridgehead atoms. The van der Waals surface area contributed by atoms with Crippen molar-refractivity contribution in [2.75, 3.05) is 7.11 Å². The first-order chi connectivity index (χ1) is 8.86. The van der Waals surface area contributed by atoms with E-state index in [-0.39, 0.29) is 0 Å². The van der Waals surface area contributed by atoms with Gasteiger partial charge in [0.1, 0.15) is 5.75 Å². The Morgan fingerprint density at radius 3 is 2.72 bits per heavy atom. The van der Waals surface area contributed by atoms with Gasteiger partial charge in [0, 0.05) is 12.1 Å². The van der Waals surface area contributed by atoms with Crippen LogP contribution < -0.4 is 4.74 Å². The maximum atomic E-state index is 5.17. The first-order valence-electron chi connectivity index (χ1n) is 6.55. The summed E-state index contributed by atoms with van der Waals surface area (Å²) in [7, 11) is 1.69. The van der Waals surface area contributed by atoms with E-state index < -0.39 is 0 Å². The number of hydrogen-bond donors (Lipinski definition) is 1. The van der Waals surface area contributed by atoms with Gasteiger partial charge in [0.2, 0.25) is 0 Å². The molecule has 0 unspecified atom stereocenters. The summed E-state index contributed by atoms with van der Waals surface area (Å²) in [6, 6.07) is 8.24. The number of nitrogens with zero attached hydrogens (tertiary/aromatic N) is 1. The highest BCUT2D eigenvalue weighted by atomic mass is 16.5. The third-order valence-corrected chi connectivity index (χ3v) is 3.67. The highest BCUT2D eigenvalue weighted by Gasteiger charge is 2.16. The summed E-state index contributed by atoms with van der Waals surface area (Å²) in [5.74, 6) is 0.905. The monoisotopic (exact) mass is 242 g/mol. The van der Waals surface area contributed by atoms with Gasteiger partial charge in [-0.1, -0.05) is 12.1 Å². The summed E-state index contributed by atoms with van der Waals surface area (Å²) < 4.78 is 5.17. The zero-order chi connectivity index (χ0) is 12.4. The minimum absolute atomic E-state index is 0.905. The largest absolute Gasteiger partial charge is 0.497 e. The van der Waals surface area contributed by atoms with Crippen molar-refractivity contribution in [3.05, 3.63) is 46.8 Å². The topological polar surface area (TPSA) is 37.9 Å². The van der Waals surface area contributed by atoms with Crippen molar-refractivity contribution >= 4 is 0 Å². The molecule has 0 saturated heterocycles. The summed E-state index contributed by atoms with van der Waals surface area (Å²) in [5, 5.41) is 7.67. The molecule has 0 spiro atoms. The predicted molar refractivity (Wildman–Crippen MR) is 71.0 cm³/mol. The first kappa shape index (κ1) is 11.3. The number of H-pyrrole nitrogens is 1. The molecular weight excluding hydrogens is 224 g/mol. The quantitative estimate of drug-likeness (QED) is 0.898. The number of fused-ring (bicyclic) bond motifs is 1. The molecule has 1 aliphatic carbocycles. The lowest BCUT2D eigenvalue weighted by atomic mass is 9.94. The van der Waals surface area contributed by atoms with Crippen molar-refractivity contribution in [2.45, 2.75) is 32.1 Å². The second-order valence-corrected chi connectivity index (χ2v) is 4.86. The Morgan fingerprint density at radius 2 is 1.94 bits per heavy atom. The zero-order valence-corrected chi connectivity index (χ0v) is 10.7. The molecule has 1 aliphatic rings. The summed E-state index contributed by atoms with van der Waals surface area (Å²) >= 11 is 0. The average Bonchev–Trinajstić information content (AvgIpc) is 2.83. The zero-order valence-electron chi connectivity index (χ0n) is 10.7. The van der Waals surface area contributed by atoms with Crippen LogP contribution in [0.4, 0.5) is 0 Å². The minimum Gasteiger partial charge on any atom is -0.497 e. The van der Waals surface area contributed by atoms with Crippen molar-refractivity contribution in [3.63, 3.8) is 0 Å². The molecule has 0 atom stereocenters. The van der Waals surface area contributed by atoms with Crippen molar-refractivity contribution < 1.29 is 4.74 Å². The number of hydrogen-bond acceptors (Lipinski definition) is 2. The molecule has 3 nitrogen and oxygen atoms in total. The standard InChI is InChI=1S/C15H18N2O/c1-18-12-8-6-11(7-9-12)10-15-13-4-2-3-5-14(13)16-17-15/h6-9H,2-5,10H2,1H3,(H,16,17). The van der Waals surface area contributed by atoms with Crippen LogP contribution in [-0.4, -0.2) is 17.3 Å². The van der Waals surface area contributed by atoms with Gasteiger partial charge in [-0.05, 0) is 48.9 Å². The van der Waals surface area contributed by atoms with E-state index in [1.54, 1.807) is 7.11 Å². The highest BCUT2D eigenvalue weighted by molar-refractivity contribution is 5.34. The molecule has 94 valence electrons. The average molecular weight is 242 g/mol. The Hall–Kier alpha value is -1.77. The fraction of sp³-hybridized carbons (Fsp3) is 0.400. The molecule has 0 fully saturated rings. The van der Waals surface area contributed by atoms with Crippen molar-refractivity contribution in [1.82, 2.24) is 10.2 Å². The third kappa shape index (κ3) is 2.13. The van der Waals surface area contributed by atoms with Gasteiger partial charge >= 0.3 is 0 Å². The van der Waals surface area contributed by atoms with Gasteiger partial charge in [-0.25, -0.2) is 0 Å². The van der Waals surface area contributed by atoms with Crippen molar-refractivity contribution in [3.8, 4) is 5.75 Å². The lowest BCUT2D eigenvalue weighted by Gasteiger charge is -2.11. The Kier molecular flexibility index (Phi) is 3.05. The Labute approximate surface area is 107 Å². The fourth-order valence-electron chi connectivity index (χ4n) is 2.63. The lowest BCUT2D eigenvalue weighted by molar-refractivity contribution is 0.414. The Bertz CT molecular complexity index is 528. The predicted octanol–water partition coefficient (Wildman–Crippen LogP) is 2.89. The van der Waals surface area contributed by atoms with Crippen molar-refractivity contribution in [2.24, 2.45) is 0 Å². The van der Waals surface area contributed by atoms with E-state index in [0.717, 1.165) is 18.6 Å². The minimum atomic E-state index is 0.905. The molecule has 3 rings (SSSR count). The number of ether oxygens (including phenoxy) is 1. The number of methoxy groups -OCH3 is 1. The maximum absolute atomic E-state index is 5.17. The van der Waals surface area contributed by atoms with Gasteiger partial charge < -0.3 is 4.74 Å². The molecule has 18 heavy (non-hydrogen) atoms. The molecule has 0 aliphatic heterocycles. The number of nitrogens with one attached hydrogen (secondary N) is 1. The Morgan fingerprint density at radius 1 is 1.17 bits per heavy atom. The van der Waals surface area contributed by atoms with Gasteiger partial charge in [0.05, 0.1) is 12.8 Å². The van der Waals surface area contributed by atoms with E-state index in [9.17, 15) is 0 Å². The summed E-state index contributed by atoms with van der Waals surface area (Å²) in [5.41, 5.74) is 5.31. The molecule has 0 saturated carbocycles. The molecule has 2 aromatic rings. The van der Waals surface area contributed by atoms with Crippen LogP contribution in [0.1, 0.15) is 35.4 Å². The second kappa shape index (κ2) is 4.84. The summed E-state index contributed by atoms with van der Waals surface area (Å²) in [4.78, 5) is 0. The van der Waals surface area contributed by atoms with Crippen LogP contribution in [-0.2, 0) is 19.3 Å². The SMILES string of the molecule is COc1ccc(Cc2n[nH]c3c2CCCC3)cc1. The molecule has 1 aromatic carbocycles. The van der Waals surface area contributed by atoms with Crippen LogP contribution in [0.2, 0.25) is 0 Å². The molecule has 0 amide bonds. The van der Waals surface area contributed by atoms with Crippen molar-refractivity contribution in [1.29, 1.82) is 0 Å². The van der Waals surface area contributed by atoms with Crippen LogP contribution in [0.15, 0.2) is 24.3 Å². The van der Waals surface area contributed by atoms with Crippen LogP contribution in [0.3, 0.4) is 0 Å². The van der Waals surface area contributed by atoms with Gasteiger partial charge in [0.25, 0.3) is 0 Å². The van der Waals surface area contributed by atoms with E-state index >= 15 is 0 Å². The van der Waals surface area contributed by atoms with E-state index in [1.165, 1.54) is 41.8 Å². The number of aromatic amines is 1.